The number of fused-ring (bicyclic) bond motifs is 1. The average molecular weight is 661 g/mol. The molecule has 11 heteroatoms. The van der Waals surface area contributed by atoms with Crippen molar-refractivity contribution in [3.8, 4) is 28.4 Å². The fourth-order valence-corrected chi connectivity index (χ4v) is 6.52. The standard InChI is InChI=1S/C37H32N4O6S/c1-6-18-46-36(44)32-23(3)38-37-41(34(32)26-16-17-29(47-24(4)42)30(19-26)45-5)35(43)31(48-37)20-27-21-40(28-10-8-7-9-11-28)39-33(27)25-14-12-22(2)13-15-25/h6-17,19-21,34H,1,18H2,2-5H3/b31-20-. The number of aryl methyl sites for hydroxylation is 1. The van der Waals surface area contributed by atoms with E-state index in [-0.39, 0.29) is 29.2 Å². The van der Waals surface area contributed by atoms with Crippen molar-refractivity contribution < 1.29 is 23.8 Å². The molecule has 0 spiro atoms. The van der Waals surface area contributed by atoms with Crippen molar-refractivity contribution in [2.45, 2.75) is 26.8 Å². The highest BCUT2D eigenvalue weighted by Gasteiger charge is 2.34. The predicted octanol–water partition coefficient (Wildman–Crippen LogP) is 5.06. The number of thiazole rings is 1. The summed E-state index contributed by atoms with van der Waals surface area (Å²) in [5.41, 5.74) is 5.11. The van der Waals surface area contributed by atoms with Crippen molar-refractivity contribution in [1.29, 1.82) is 0 Å². The summed E-state index contributed by atoms with van der Waals surface area (Å²) in [6, 6.07) is 21.8. The fraction of sp³-hybridized carbons (Fsp3) is 0.162. The number of benzene rings is 3. The van der Waals surface area contributed by atoms with Crippen molar-refractivity contribution in [3.05, 3.63) is 139 Å². The zero-order valence-electron chi connectivity index (χ0n) is 26.8. The number of hydrogen-bond acceptors (Lipinski definition) is 9. The first-order valence-corrected chi connectivity index (χ1v) is 15.9. The van der Waals surface area contributed by atoms with E-state index in [0.717, 1.165) is 22.4 Å². The van der Waals surface area contributed by atoms with Gasteiger partial charge >= 0.3 is 11.9 Å². The molecule has 3 aromatic carbocycles. The number of carbonyl (C=O) groups excluding carboxylic acids is 2. The van der Waals surface area contributed by atoms with Crippen LogP contribution < -0.4 is 24.4 Å². The number of rotatable bonds is 9. The molecule has 0 saturated carbocycles. The van der Waals surface area contributed by atoms with Crippen LogP contribution in [0.25, 0.3) is 23.0 Å². The van der Waals surface area contributed by atoms with Crippen LogP contribution in [0.4, 0.5) is 0 Å². The minimum absolute atomic E-state index is 0.0192. The smallest absolute Gasteiger partial charge is 0.338 e. The minimum Gasteiger partial charge on any atom is -0.493 e. The molecule has 6 rings (SSSR count). The van der Waals surface area contributed by atoms with E-state index in [2.05, 4.69) is 6.58 Å². The monoisotopic (exact) mass is 660 g/mol. The maximum absolute atomic E-state index is 14.4. The number of carbonyl (C=O) groups is 2. The summed E-state index contributed by atoms with van der Waals surface area (Å²) < 4.78 is 20.0. The molecule has 0 aliphatic carbocycles. The summed E-state index contributed by atoms with van der Waals surface area (Å²) in [6.07, 6.45) is 5.17. The Kier molecular flexibility index (Phi) is 9.04. The van der Waals surface area contributed by atoms with E-state index >= 15 is 0 Å². The van der Waals surface area contributed by atoms with Crippen LogP contribution in [0, 0.1) is 6.92 Å². The highest BCUT2D eigenvalue weighted by molar-refractivity contribution is 7.07. The van der Waals surface area contributed by atoms with Crippen LogP contribution in [0.1, 0.15) is 36.6 Å². The Balaban J connectivity index is 1.55. The average Bonchev–Trinajstić information content (AvgIpc) is 3.64. The van der Waals surface area contributed by atoms with Gasteiger partial charge in [-0.3, -0.25) is 14.2 Å². The fourth-order valence-electron chi connectivity index (χ4n) is 5.49. The number of hydrogen-bond donors (Lipinski definition) is 0. The molecular formula is C37H32N4O6S. The van der Waals surface area contributed by atoms with Crippen LogP contribution in [0.3, 0.4) is 0 Å². The molecule has 1 aliphatic rings. The predicted molar refractivity (Wildman–Crippen MR) is 183 cm³/mol. The van der Waals surface area contributed by atoms with Crippen LogP contribution in [-0.4, -0.2) is 40.0 Å². The Morgan fingerprint density at radius 3 is 2.46 bits per heavy atom. The van der Waals surface area contributed by atoms with Crippen LogP contribution in [0.15, 0.2) is 113 Å². The zero-order chi connectivity index (χ0) is 33.9. The second kappa shape index (κ2) is 13.5. The quantitative estimate of drug-likeness (QED) is 0.123. The lowest BCUT2D eigenvalue weighted by Gasteiger charge is -2.25. The van der Waals surface area contributed by atoms with Gasteiger partial charge in [0.1, 0.15) is 6.61 Å². The van der Waals surface area contributed by atoms with Crippen molar-refractivity contribution >= 4 is 29.4 Å². The number of allylic oxidation sites excluding steroid dienone is 1. The molecule has 242 valence electrons. The lowest BCUT2D eigenvalue weighted by molar-refractivity contribution is -0.138. The van der Waals surface area contributed by atoms with Gasteiger partial charge in [0.25, 0.3) is 5.56 Å². The summed E-state index contributed by atoms with van der Waals surface area (Å²) in [5.74, 6) is -0.686. The third-order valence-corrected chi connectivity index (χ3v) is 8.69. The van der Waals surface area contributed by atoms with Gasteiger partial charge < -0.3 is 14.2 Å². The van der Waals surface area contributed by atoms with Crippen LogP contribution >= 0.6 is 11.3 Å². The molecule has 0 amide bonds. The summed E-state index contributed by atoms with van der Waals surface area (Å²) in [6.45, 7) is 8.64. The largest absolute Gasteiger partial charge is 0.493 e. The van der Waals surface area contributed by atoms with Gasteiger partial charge in [0.2, 0.25) is 0 Å². The van der Waals surface area contributed by atoms with Gasteiger partial charge in [0.15, 0.2) is 16.3 Å². The number of methoxy groups -OCH3 is 1. The summed E-state index contributed by atoms with van der Waals surface area (Å²) in [7, 11) is 1.44. The van der Waals surface area contributed by atoms with E-state index < -0.39 is 18.0 Å². The van der Waals surface area contributed by atoms with E-state index in [0.29, 0.717) is 26.3 Å². The molecule has 0 saturated heterocycles. The molecule has 1 atom stereocenters. The molecule has 0 fully saturated rings. The number of para-hydroxylation sites is 1. The molecular weight excluding hydrogens is 628 g/mol. The third-order valence-electron chi connectivity index (χ3n) is 7.71. The Morgan fingerprint density at radius 2 is 1.77 bits per heavy atom. The summed E-state index contributed by atoms with van der Waals surface area (Å²) in [5, 5.41) is 4.90. The first-order valence-electron chi connectivity index (χ1n) is 15.1. The van der Waals surface area contributed by atoms with Crippen molar-refractivity contribution in [3.63, 3.8) is 0 Å². The molecule has 5 aromatic rings. The molecule has 1 unspecified atom stereocenters. The zero-order valence-corrected chi connectivity index (χ0v) is 27.6. The van der Waals surface area contributed by atoms with Crippen LogP contribution in [-0.2, 0) is 14.3 Å². The first-order chi connectivity index (χ1) is 23.2. The molecule has 10 nitrogen and oxygen atoms in total. The highest BCUT2D eigenvalue weighted by atomic mass is 32.1. The van der Waals surface area contributed by atoms with Crippen LogP contribution in [0.5, 0.6) is 11.5 Å². The van der Waals surface area contributed by atoms with E-state index in [1.54, 1.807) is 29.8 Å². The van der Waals surface area contributed by atoms with Crippen LogP contribution in [0.2, 0.25) is 0 Å². The van der Waals surface area contributed by atoms with Crippen molar-refractivity contribution in [2.75, 3.05) is 13.7 Å². The molecule has 0 bridgehead atoms. The van der Waals surface area contributed by atoms with Gasteiger partial charge in [0.05, 0.1) is 40.3 Å². The lowest BCUT2D eigenvalue weighted by Crippen LogP contribution is -2.40. The number of esters is 2. The van der Waals surface area contributed by atoms with Gasteiger partial charge in [-0.25, -0.2) is 14.5 Å². The minimum atomic E-state index is -0.912. The lowest BCUT2D eigenvalue weighted by atomic mass is 9.95. The van der Waals surface area contributed by atoms with E-state index in [4.69, 9.17) is 24.3 Å². The number of nitrogens with zero attached hydrogens (tertiary/aromatic N) is 4. The van der Waals surface area contributed by atoms with Crippen molar-refractivity contribution in [1.82, 2.24) is 14.3 Å². The Hall–Kier alpha value is -5.81. The second-order valence-corrected chi connectivity index (χ2v) is 12.1. The van der Waals surface area contributed by atoms with E-state index in [1.165, 1.54) is 36.0 Å². The van der Waals surface area contributed by atoms with Gasteiger partial charge in [-0.15, -0.1) is 0 Å². The second-order valence-electron chi connectivity index (χ2n) is 11.1. The van der Waals surface area contributed by atoms with Gasteiger partial charge in [0, 0.05) is 24.2 Å². The molecule has 2 aromatic heterocycles. The first kappa shape index (κ1) is 32.1. The highest BCUT2D eigenvalue weighted by Crippen LogP contribution is 2.36. The molecule has 3 heterocycles. The Morgan fingerprint density at radius 1 is 1.02 bits per heavy atom. The third kappa shape index (κ3) is 6.27. The Labute approximate surface area is 280 Å². The molecule has 48 heavy (non-hydrogen) atoms. The maximum Gasteiger partial charge on any atom is 0.338 e. The topological polar surface area (TPSA) is 114 Å². The maximum atomic E-state index is 14.4. The normalized spacial score (nSPS) is 14.2. The molecule has 0 N–H and O–H groups in total. The van der Waals surface area contributed by atoms with Gasteiger partial charge in [-0.1, -0.05) is 78.1 Å². The summed E-state index contributed by atoms with van der Waals surface area (Å²) in [4.78, 5) is 44.7. The number of aromatic nitrogens is 3. The van der Waals surface area contributed by atoms with Gasteiger partial charge in [-0.2, -0.15) is 5.10 Å². The van der Waals surface area contributed by atoms with E-state index in [1.807, 2.05) is 73.8 Å². The van der Waals surface area contributed by atoms with Crippen molar-refractivity contribution in [2.24, 2.45) is 4.99 Å². The molecule has 0 radical (unpaired) electrons. The Bertz CT molecular complexity index is 2260. The molecule has 1 aliphatic heterocycles. The van der Waals surface area contributed by atoms with E-state index in [9.17, 15) is 14.4 Å². The SMILES string of the molecule is C=CCOC(=O)C1=C(C)N=c2s/c(=C\c3cn(-c4ccccc4)nc3-c3ccc(C)cc3)c(=O)n2C1c1ccc(OC(C)=O)c(OC)c1. The number of ether oxygens (including phenoxy) is 3. The van der Waals surface area contributed by atoms with Gasteiger partial charge in [-0.05, 0) is 49.8 Å². The summed E-state index contributed by atoms with van der Waals surface area (Å²) >= 11 is 1.21.